The zero-order chi connectivity index (χ0) is 8.97. The Labute approximate surface area is 84.5 Å². The van der Waals surface area contributed by atoms with Gasteiger partial charge in [0.25, 0.3) is 0 Å². The average molecular weight is 246 g/mol. The normalized spacial score (nSPS) is 8.92. The van der Waals surface area contributed by atoms with Crippen molar-refractivity contribution < 1.29 is 0 Å². The molecule has 0 bridgehead atoms. The van der Waals surface area contributed by atoms with Gasteiger partial charge < -0.3 is 0 Å². The van der Waals surface area contributed by atoms with E-state index in [4.69, 9.17) is 11.6 Å². The molecule has 1 heterocycles. The lowest BCUT2D eigenvalue weighted by atomic mass is 10.2. The van der Waals surface area contributed by atoms with E-state index in [0.29, 0.717) is 5.33 Å². The van der Waals surface area contributed by atoms with Crippen molar-refractivity contribution in [2.24, 2.45) is 0 Å². The van der Waals surface area contributed by atoms with Gasteiger partial charge in [-0.05, 0) is 18.5 Å². The summed E-state index contributed by atoms with van der Waals surface area (Å²) in [5, 5.41) is 0.909. The van der Waals surface area contributed by atoms with Crippen LogP contribution in [0.15, 0.2) is 6.20 Å². The number of alkyl halides is 1. The van der Waals surface area contributed by atoms with Crippen LogP contribution in [0.2, 0.25) is 5.28 Å². The molecule has 0 aliphatic carbocycles. The standard InChI is InChI=1S/C8H6BrClN2/c1-6-7(3-2-4-9)5-11-8(10)12-6/h5H,4H2,1H3. The number of aryl methyl sites for hydroxylation is 1. The first-order valence-electron chi connectivity index (χ1n) is 3.28. The molecule has 2 nitrogen and oxygen atoms in total. The Balaban J connectivity index is 3.01. The maximum atomic E-state index is 5.57. The van der Waals surface area contributed by atoms with Crippen LogP contribution in [0.25, 0.3) is 0 Å². The van der Waals surface area contributed by atoms with Crippen LogP contribution in [0.3, 0.4) is 0 Å². The fraction of sp³-hybridized carbons (Fsp3) is 0.250. The Morgan fingerprint density at radius 2 is 2.42 bits per heavy atom. The van der Waals surface area contributed by atoms with Crippen molar-refractivity contribution in [1.29, 1.82) is 0 Å². The second-order valence-electron chi connectivity index (χ2n) is 2.07. The molecule has 0 aromatic carbocycles. The van der Waals surface area contributed by atoms with Gasteiger partial charge in [-0.15, -0.1) is 0 Å². The van der Waals surface area contributed by atoms with Gasteiger partial charge in [-0.25, -0.2) is 9.97 Å². The first kappa shape index (κ1) is 9.50. The van der Waals surface area contributed by atoms with E-state index in [2.05, 4.69) is 37.7 Å². The molecule has 4 heteroatoms. The molecule has 0 unspecified atom stereocenters. The van der Waals surface area contributed by atoms with Crippen LogP contribution in [0.4, 0.5) is 0 Å². The van der Waals surface area contributed by atoms with Crippen molar-refractivity contribution in [3.05, 3.63) is 22.7 Å². The summed E-state index contributed by atoms with van der Waals surface area (Å²) in [6, 6.07) is 0. The zero-order valence-corrected chi connectivity index (χ0v) is 8.78. The highest BCUT2D eigenvalue weighted by Gasteiger charge is 1.97. The van der Waals surface area contributed by atoms with Gasteiger partial charge in [0.05, 0.1) is 16.6 Å². The number of rotatable bonds is 0. The first-order valence-corrected chi connectivity index (χ1v) is 4.78. The largest absolute Gasteiger partial charge is 0.225 e. The van der Waals surface area contributed by atoms with Crippen molar-refractivity contribution in [2.45, 2.75) is 6.92 Å². The summed E-state index contributed by atoms with van der Waals surface area (Å²) >= 11 is 8.78. The number of halogens is 2. The minimum absolute atomic E-state index is 0.261. The summed E-state index contributed by atoms with van der Waals surface area (Å²) in [5.41, 5.74) is 1.63. The molecule has 0 spiro atoms. The lowest BCUT2D eigenvalue weighted by Gasteiger charge is -1.95. The molecule has 0 aliphatic rings. The summed E-state index contributed by atoms with van der Waals surface area (Å²) in [6.07, 6.45) is 1.63. The van der Waals surface area contributed by atoms with E-state index < -0.39 is 0 Å². The van der Waals surface area contributed by atoms with Crippen LogP contribution in [-0.2, 0) is 0 Å². The smallest absolute Gasteiger partial charge is 0.222 e. The van der Waals surface area contributed by atoms with Gasteiger partial charge in [-0.3, -0.25) is 0 Å². The molecule has 0 N–H and O–H groups in total. The van der Waals surface area contributed by atoms with Crippen molar-refractivity contribution in [2.75, 3.05) is 5.33 Å². The fourth-order valence-electron chi connectivity index (χ4n) is 0.690. The highest BCUT2D eigenvalue weighted by atomic mass is 79.9. The minimum Gasteiger partial charge on any atom is -0.225 e. The molecule has 0 aliphatic heterocycles. The number of nitrogens with zero attached hydrogens (tertiary/aromatic N) is 2. The lowest BCUT2D eigenvalue weighted by molar-refractivity contribution is 1.09. The van der Waals surface area contributed by atoms with Crippen molar-refractivity contribution in [3.8, 4) is 11.8 Å². The SMILES string of the molecule is Cc1nc(Cl)ncc1C#CCBr. The van der Waals surface area contributed by atoms with Crippen LogP contribution in [0, 0.1) is 18.8 Å². The van der Waals surface area contributed by atoms with Crippen molar-refractivity contribution in [1.82, 2.24) is 9.97 Å². The Morgan fingerprint density at radius 3 is 3.00 bits per heavy atom. The van der Waals surface area contributed by atoms with E-state index in [-0.39, 0.29) is 5.28 Å². The molecule has 0 fully saturated rings. The van der Waals surface area contributed by atoms with Gasteiger partial charge >= 0.3 is 0 Å². The third kappa shape index (κ3) is 2.47. The summed E-state index contributed by atoms with van der Waals surface area (Å²) < 4.78 is 0. The molecule has 1 aromatic rings. The quantitative estimate of drug-likeness (QED) is 0.398. The molecular formula is C8H6BrClN2. The number of hydrogen-bond acceptors (Lipinski definition) is 2. The highest BCUT2D eigenvalue weighted by molar-refractivity contribution is 9.09. The van der Waals surface area contributed by atoms with Gasteiger partial charge in [-0.2, -0.15) is 0 Å². The monoisotopic (exact) mass is 244 g/mol. The maximum Gasteiger partial charge on any atom is 0.222 e. The van der Waals surface area contributed by atoms with Crippen molar-refractivity contribution >= 4 is 27.5 Å². The van der Waals surface area contributed by atoms with E-state index in [1.54, 1.807) is 6.20 Å². The molecule has 0 saturated carbocycles. The minimum atomic E-state index is 0.261. The van der Waals surface area contributed by atoms with Gasteiger partial charge in [-0.1, -0.05) is 27.8 Å². The summed E-state index contributed by atoms with van der Waals surface area (Å²) in [5.74, 6) is 5.78. The highest BCUT2D eigenvalue weighted by Crippen LogP contribution is 2.05. The molecule has 0 radical (unpaired) electrons. The number of hydrogen-bond donors (Lipinski definition) is 0. The van der Waals surface area contributed by atoms with Crippen LogP contribution in [0.1, 0.15) is 11.3 Å². The Morgan fingerprint density at radius 1 is 1.67 bits per heavy atom. The van der Waals surface area contributed by atoms with E-state index in [1.807, 2.05) is 6.92 Å². The fourth-order valence-corrected chi connectivity index (χ4v) is 1.01. The molecule has 1 aromatic heterocycles. The Hall–Kier alpha value is -0.590. The molecule has 12 heavy (non-hydrogen) atoms. The summed E-state index contributed by atoms with van der Waals surface area (Å²) in [7, 11) is 0. The molecule has 62 valence electrons. The molecule has 0 amide bonds. The lowest BCUT2D eigenvalue weighted by Crippen LogP contribution is -1.90. The molecule has 0 atom stereocenters. The Bertz CT molecular complexity index is 341. The van der Waals surface area contributed by atoms with Gasteiger partial charge in [0.2, 0.25) is 5.28 Å². The topological polar surface area (TPSA) is 25.8 Å². The summed E-state index contributed by atoms with van der Waals surface area (Å²) in [6.45, 7) is 1.85. The average Bonchev–Trinajstić information content (AvgIpc) is 2.03. The second-order valence-corrected chi connectivity index (χ2v) is 2.97. The molecular weight excluding hydrogens is 239 g/mol. The predicted octanol–water partition coefficient (Wildman–Crippen LogP) is 2.18. The van der Waals surface area contributed by atoms with E-state index in [9.17, 15) is 0 Å². The van der Waals surface area contributed by atoms with Crippen LogP contribution in [0.5, 0.6) is 0 Å². The van der Waals surface area contributed by atoms with E-state index in [1.165, 1.54) is 0 Å². The Kier molecular flexibility index (Phi) is 3.51. The third-order valence-corrected chi connectivity index (χ3v) is 1.70. The second kappa shape index (κ2) is 4.44. The maximum absolute atomic E-state index is 5.57. The van der Waals surface area contributed by atoms with Crippen LogP contribution >= 0.6 is 27.5 Å². The third-order valence-electron chi connectivity index (χ3n) is 1.24. The van der Waals surface area contributed by atoms with Crippen LogP contribution < -0.4 is 0 Å². The van der Waals surface area contributed by atoms with Crippen molar-refractivity contribution in [3.63, 3.8) is 0 Å². The van der Waals surface area contributed by atoms with Gasteiger partial charge in [0.1, 0.15) is 0 Å². The van der Waals surface area contributed by atoms with Gasteiger partial charge in [0.15, 0.2) is 0 Å². The summed E-state index contributed by atoms with van der Waals surface area (Å²) in [4.78, 5) is 7.79. The predicted molar refractivity (Wildman–Crippen MR) is 52.5 cm³/mol. The van der Waals surface area contributed by atoms with Gasteiger partial charge in [0, 0.05) is 6.20 Å². The van der Waals surface area contributed by atoms with E-state index in [0.717, 1.165) is 11.3 Å². The number of aromatic nitrogens is 2. The zero-order valence-electron chi connectivity index (χ0n) is 6.43. The van der Waals surface area contributed by atoms with Crippen LogP contribution in [-0.4, -0.2) is 15.3 Å². The first-order chi connectivity index (χ1) is 5.74. The molecule has 0 saturated heterocycles. The molecule has 1 rings (SSSR count). The van der Waals surface area contributed by atoms with E-state index >= 15 is 0 Å².